The molecule has 2 aromatic carbocycles. The van der Waals surface area contributed by atoms with Crippen LogP contribution in [0.2, 0.25) is 0 Å². The second-order valence-electron chi connectivity index (χ2n) is 6.73. The van der Waals surface area contributed by atoms with Crippen molar-refractivity contribution in [1.82, 2.24) is 10.6 Å². The monoisotopic (exact) mass is 512 g/mol. The van der Waals surface area contributed by atoms with Gasteiger partial charge in [0, 0.05) is 31.7 Å². The molecule has 2 rings (SSSR count). The molecule has 2 aromatic rings. The van der Waals surface area contributed by atoms with Gasteiger partial charge in [-0.05, 0) is 48.2 Å². The van der Waals surface area contributed by atoms with Crippen molar-refractivity contribution in [3.8, 4) is 0 Å². The summed E-state index contributed by atoms with van der Waals surface area (Å²) in [4.78, 5) is 16.3. The number of anilines is 1. The summed E-state index contributed by atoms with van der Waals surface area (Å²) in [6.45, 7) is 5.20. The van der Waals surface area contributed by atoms with Gasteiger partial charge in [-0.15, -0.1) is 24.0 Å². The zero-order chi connectivity index (χ0) is 20.4. The number of nitrogens with one attached hydrogen (secondary N) is 3. The second kappa shape index (κ2) is 13.1. The summed E-state index contributed by atoms with van der Waals surface area (Å²) in [5.41, 5.74) is 2.90. The lowest BCUT2D eigenvalue weighted by atomic mass is 10.1. The molecule has 0 aromatic heterocycles. The smallest absolute Gasteiger partial charge is 0.227 e. The Morgan fingerprint density at radius 3 is 2.48 bits per heavy atom. The number of benzene rings is 2. The molecule has 7 heteroatoms. The fourth-order valence-electron chi connectivity index (χ4n) is 2.59. The Morgan fingerprint density at radius 1 is 1.10 bits per heavy atom. The second-order valence-corrected chi connectivity index (χ2v) is 6.73. The molecule has 0 saturated carbocycles. The highest BCUT2D eigenvalue weighted by Crippen LogP contribution is 2.13. The van der Waals surface area contributed by atoms with Gasteiger partial charge in [-0.25, -0.2) is 4.39 Å². The summed E-state index contributed by atoms with van der Waals surface area (Å²) in [5, 5.41) is 9.46. The third kappa shape index (κ3) is 8.81. The van der Waals surface area contributed by atoms with Gasteiger partial charge in [-0.1, -0.05) is 38.1 Å². The Bertz CT molecular complexity index is 796. The molecular formula is C22H30FIN4O. The minimum Gasteiger partial charge on any atom is -0.356 e. The van der Waals surface area contributed by atoms with Crippen molar-refractivity contribution in [2.45, 2.75) is 33.2 Å². The maximum Gasteiger partial charge on any atom is 0.227 e. The van der Waals surface area contributed by atoms with Crippen molar-refractivity contribution in [2.75, 3.05) is 18.9 Å². The van der Waals surface area contributed by atoms with Gasteiger partial charge in [0.05, 0.1) is 0 Å². The average molecular weight is 512 g/mol. The van der Waals surface area contributed by atoms with Crippen molar-refractivity contribution >= 4 is 41.5 Å². The van der Waals surface area contributed by atoms with E-state index >= 15 is 0 Å². The molecule has 0 aliphatic carbocycles. The van der Waals surface area contributed by atoms with Crippen molar-refractivity contribution < 1.29 is 9.18 Å². The van der Waals surface area contributed by atoms with Crippen LogP contribution in [-0.2, 0) is 17.8 Å². The average Bonchev–Trinajstić information content (AvgIpc) is 2.71. The normalized spacial score (nSPS) is 11.9. The largest absolute Gasteiger partial charge is 0.356 e. The van der Waals surface area contributed by atoms with Crippen LogP contribution in [0.5, 0.6) is 0 Å². The van der Waals surface area contributed by atoms with Crippen molar-refractivity contribution in [2.24, 2.45) is 10.9 Å². The van der Waals surface area contributed by atoms with Gasteiger partial charge in [0.15, 0.2) is 5.96 Å². The number of aliphatic imine (C=N–C) groups is 1. The Kier molecular flexibility index (Phi) is 11.3. The maximum atomic E-state index is 12.9. The Morgan fingerprint density at radius 2 is 1.83 bits per heavy atom. The van der Waals surface area contributed by atoms with Crippen LogP contribution in [0.25, 0.3) is 0 Å². The lowest BCUT2D eigenvalue weighted by molar-refractivity contribution is -0.119. The number of carbonyl (C=O) groups is 1. The van der Waals surface area contributed by atoms with Gasteiger partial charge in [-0.2, -0.15) is 0 Å². The first-order valence-electron chi connectivity index (χ1n) is 9.60. The van der Waals surface area contributed by atoms with Gasteiger partial charge in [0.2, 0.25) is 5.91 Å². The molecule has 0 bridgehead atoms. The van der Waals surface area contributed by atoms with Gasteiger partial charge in [0.1, 0.15) is 5.82 Å². The third-order valence-electron chi connectivity index (χ3n) is 4.56. The predicted octanol–water partition coefficient (Wildman–Crippen LogP) is 4.34. The predicted molar refractivity (Wildman–Crippen MR) is 128 cm³/mol. The number of guanidine groups is 1. The first-order chi connectivity index (χ1) is 13.5. The Hall–Kier alpha value is -2.16. The molecule has 0 spiro atoms. The fraction of sp³-hybridized carbons (Fsp3) is 0.364. The number of nitrogens with zero attached hydrogens (tertiary/aromatic N) is 1. The number of halogens is 2. The number of amides is 1. The highest BCUT2D eigenvalue weighted by molar-refractivity contribution is 14.0. The van der Waals surface area contributed by atoms with Crippen LogP contribution in [0.3, 0.4) is 0 Å². The summed E-state index contributed by atoms with van der Waals surface area (Å²) < 4.78 is 12.9. The van der Waals surface area contributed by atoms with Gasteiger partial charge >= 0.3 is 0 Å². The van der Waals surface area contributed by atoms with Gasteiger partial charge < -0.3 is 16.0 Å². The van der Waals surface area contributed by atoms with Crippen molar-refractivity contribution in [3.63, 3.8) is 0 Å². The third-order valence-corrected chi connectivity index (χ3v) is 4.56. The van der Waals surface area contributed by atoms with E-state index in [0.717, 1.165) is 29.7 Å². The molecule has 0 saturated heterocycles. The fourth-order valence-corrected chi connectivity index (χ4v) is 2.59. The van der Waals surface area contributed by atoms with E-state index in [1.807, 2.05) is 38.1 Å². The summed E-state index contributed by atoms with van der Waals surface area (Å²) in [7, 11) is 1.72. The molecular weight excluding hydrogens is 482 g/mol. The van der Waals surface area contributed by atoms with E-state index < -0.39 is 0 Å². The number of hydrogen-bond donors (Lipinski definition) is 3. The molecule has 29 heavy (non-hydrogen) atoms. The van der Waals surface area contributed by atoms with Crippen molar-refractivity contribution in [1.29, 1.82) is 0 Å². The molecule has 5 nitrogen and oxygen atoms in total. The molecule has 0 radical (unpaired) electrons. The summed E-state index contributed by atoms with van der Waals surface area (Å²) in [6, 6.07) is 14.3. The van der Waals surface area contributed by atoms with Gasteiger partial charge in [0.25, 0.3) is 0 Å². The van der Waals surface area contributed by atoms with E-state index in [-0.39, 0.29) is 41.6 Å². The molecule has 0 aliphatic rings. The lowest BCUT2D eigenvalue weighted by Crippen LogP contribution is -2.37. The lowest BCUT2D eigenvalue weighted by Gasteiger charge is -2.14. The van der Waals surface area contributed by atoms with Gasteiger partial charge in [-0.3, -0.25) is 9.79 Å². The minimum absolute atomic E-state index is 0. The van der Waals surface area contributed by atoms with E-state index in [2.05, 4.69) is 20.9 Å². The van der Waals surface area contributed by atoms with Crippen LogP contribution in [-0.4, -0.2) is 25.5 Å². The zero-order valence-electron chi connectivity index (χ0n) is 17.2. The molecule has 0 heterocycles. The number of carbonyl (C=O) groups excluding carboxylic acids is 1. The molecule has 158 valence electrons. The topological polar surface area (TPSA) is 65.5 Å². The molecule has 0 fully saturated rings. The highest BCUT2D eigenvalue weighted by Gasteiger charge is 2.10. The van der Waals surface area contributed by atoms with E-state index in [1.165, 1.54) is 12.1 Å². The minimum atomic E-state index is -0.225. The summed E-state index contributed by atoms with van der Waals surface area (Å²) >= 11 is 0. The molecule has 1 amide bonds. The molecule has 0 aliphatic heterocycles. The van der Waals surface area contributed by atoms with E-state index in [0.29, 0.717) is 19.0 Å². The zero-order valence-corrected chi connectivity index (χ0v) is 19.5. The van der Waals surface area contributed by atoms with Crippen LogP contribution >= 0.6 is 24.0 Å². The molecule has 1 unspecified atom stereocenters. The van der Waals surface area contributed by atoms with Crippen LogP contribution < -0.4 is 16.0 Å². The SMILES string of the molecule is CCC(C)C(=O)Nc1cccc(CNC(=NC)NCCc2ccc(F)cc2)c1.I. The van der Waals surface area contributed by atoms with Crippen molar-refractivity contribution in [3.05, 3.63) is 65.5 Å². The van der Waals surface area contributed by atoms with E-state index in [4.69, 9.17) is 0 Å². The van der Waals surface area contributed by atoms with E-state index in [9.17, 15) is 9.18 Å². The molecule has 3 N–H and O–H groups in total. The van der Waals surface area contributed by atoms with E-state index in [1.54, 1.807) is 19.2 Å². The first kappa shape index (κ1) is 24.9. The quantitative estimate of drug-likeness (QED) is 0.280. The Balaban J connectivity index is 0.00000420. The number of hydrogen-bond acceptors (Lipinski definition) is 2. The van der Waals surface area contributed by atoms with Crippen LogP contribution in [0.4, 0.5) is 10.1 Å². The Labute approximate surface area is 189 Å². The van der Waals surface area contributed by atoms with Crippen LogP contribution in [0.15, 0.2) is 53.5 Å². The van der Waals surface area contributed by atoms with Crippen LogP contribution in [0.1, 0.15) is 31.4 Å². The highest BCUT2D eigenvalue weighted by atomic mass is 127. The first-order valence-corrected chi connectivity index (χ1v) is 9.60. The number of rotatable bonds is 8. The molecule has 1 atom stereocenters. The standard InChI is InChI=1S/C22H29FN4O.HI/c1-4-16(2)21(28)27-20-7-5-6-18(14-20)15-26-22(24-3)25-13-12-17-8-10-19(23)11-9-17;/h5-11,14,16H,4,12-13,15H2,1-3H3,(H,27,28)(H2,24,25,26);1H. The summed E-state index contributed by atoms with van der Waals surface area (Å²) in [5.74, 6) is 0.490. The van der Waals surface area contributed by atoms with Crippen LogP contribution in [0, 0.1) is 11.7 Å². The summed E-state index contributed by atoms with van der Waals surface area (Å²) in [6.07, 6.45) is 1.59. The maximum absolute atomic E-state index is 12.9.